The van der Waals surface area contributed by atoms with Crippen molar-refractivity contribution in [1.82, 2.24) is 15.0 Å². The van der Waals surface area contributed by atoms with E-state index >= 15 is 0 Å². The number of aromatic nitrogens is 2. The molecule has 0 N–H and O–H groups in total. The van der Waals surface area contributed by atoms with E-state index in [1.807, 2.05) is 26.0 Å². The first-order chi connectivity index (χ1) is 14.9. The van der Waals surface area contributed by atoms with Crippen LogP contribution in [0, 0.1) is 42.8 Å². The Morgan fingerprint density at radius 2 is 1.94 bits per heavy atom. The highest BCUT2D eigenvalue weighted by Gasteiger charge is 2.37. The Morgan fingerprint density at radius 1 is 1.16 bits per heavy atom. The minimum absolute atomic E-state index is 0.0301. The van der Waals surface area contributed by atoms with Gasteiger partial charge in [-0.05, 0) is 81.7 Å². The monoisotopic (exact) mass is 422 g/mol. The van der Waals surface area contributed by atoms with Gasteiger partial charge in [0.05, 0.1) is 24.3 Å². The summed E-state index contributed by atoms with van der Waals surface area (Å²) in [6.45, 7) is 4.31. The molecule has 1 amide bonds. The molecule has 0 radical (unpaired) electrons. The maximum Gasteiger partial charge on any atom is 0.249 e. The number of carbonyl (C=O) groups excluding carboxylic acids is 1. The molecule has 2 aliphatic rings. The molecule has 6 nitrogen and oxygen atoms in total. The Hall–Kier alpha value is -2.85. The summed E-state index contributed by atoms with van der Waals surface area (Å²) in [5, 5.41) is 10.6. The molecule has 0 unspecified atom stereocenters. The predicted octanol–water partition coefficient (Wildman–Crippen LogP) is 4.36. The predicted molar refractivity (Wildman–Crippen MR) is 112 cm³/mol. The summed E-state index contributed by atoms with van der Waals surface area (Å²) in [6.07, 6.45) is 5.07. The molecule has 1 aromatic heterocycles. The first-order valence-electron chi connectivity index (χ1n) is 10.9. The zero-order chi connectivity index (χ0) is 22.0. The van der Waals surface area contributed by atoms with Gasteiger partial charge in [0, 0.05) is 23.7 Å². The van der Waals surface area contributed by atoms with Crippen molar-refractivity contribution in [3.63, 3.8) is 0 Å². The maximum atomic E-state index is 13.9. The van der Waals surface area contributed by atoms with Gasteiger partial charge in [0.25, 0.3) is 0 Å². The summed E-state index contributed by atoms with van der Waals surface area (Å²) in [7, 11) is 0. The van der Waals surface area contributed by atoms with Crippen LogP contribution in [0.25, 0.3) is 0 Å². The molecular weight excluding hydrogens is 395 g/mol. The second-order valence-corrected chi connectivity index (χ2v) is 8.66. The molecule has 1 aromatic carbocycles. The number of amides is 1. The van der Waals surface area contributed by atoms with Gasteiger partial charge in [-0.1, -0.05) is 0 Å². The highest BCUT2D eigenvalue weighted by molar-refractivity contribution is 5.78. The fourth-order valence-electron chi connectivity index (χ4n) is 4.85. The minimum atomic E-state index is -0.468. The van der Waals surface area contributed by atoms with Crippen LogP contribution in [0.1, 0.15) is 66.5 Å². The lowest BCUT2D eigenvalue weighted by Crippen LogP contribution is -2.36. The minimum Gasteiger partial charge on any atom is -0.272 e. The molecule has 1 saturated carbocycles. The zero-order valence-corrected chi connectivity index (χ0v) is 18.0. The van der Waals surface area contributed by atoms with Crippen LogP contribution in [0.2, 0.25) is 0 Å². The van der Waals surface area contributed by atoms with Crippen LogP contribution in [0.15, 0.2) is 24.3 Å². The van der Waals surface area contributed by atoms with E-state index in [0.717, 1.165) is 49.3 Å². The first-order valence-corrected chi connectivity index (χ1v) is 10.9. The number of nitrogens with zero attached hydrogens (tertiary/aromatic N) is 4. The fourth-order valence-corrected chi connectivity index (χ4v) is 4.85. The second kappa shape index (κ2) is 9.11. The molecule has 0 spiro atoms. The van der Waals surface area contributed by atoms with Crippen molar-refractivity contribution in [1.29, 1.82) is 5.26 Å². The molecule has 0 bridgehead atoms. The summed E-state index contributed by atoms with van der Waals surface area (Å²) >= 11 is 0. The third-order valence-corrected chi connectivity index (χ3v) is 6.27. The third kappa shape index (κ3) is 4.91. The average Bonchev–Trinajstić information content (AvgIpc) is 3.22. The van der Waals surface area contributed by atoms with Gasteiger partial charge >= 0.3 is 0 Å². The van der Waals surface area contributed by atoms with Crippen LogP contribution in [0.4, 0.5) is 4.39 Å². The van der Waals surface area contributed by atoms with Gasteiger partial charge in [0.1, 0.15) is 11.6 Å². The van der Waals surface area contributed by atoms with Crippen molar-refractivity contribution in [3.05, 3.63) is 58.4 Å². The Labute approximate surface area is 182 Å². The van der Waals surface area contributed by atoms with Crippen molar-refractivity contribution in [3.8, 4) is 6.07 Å². The molecule has 4 rings (SSSR count). The number of hydrogen-bond donors (Lipinski definition) is 0. The first kappa shape index (κ1) is 21.4. The smallest absolute Gasteiger partial charge is 0.249 e. The van der Waals surface area contributed by atoms with Crippen molar-refractivity contribution >= 4 is 5.91 Å². The molecule has 1 aliphatic carbocycles. The third-order valence-electron chi connectivity index (χ3n) is 6.27. The Kier molecular flexibility index (Phi) is 6.28. The molecule has 1 atom stereocenters. The zero-order valence-electron chi connectivity index (χ0n) is 18.0. The van der Waals surface area contributed by atoms with Crippen molar-refractivity contribution < 1.29 is 14.0 Å². The molecule has 31 heavy (non-hydrogen) atoms. The largest absolute Gasteiger partial charge is 0.272 e. The maximum absolute atomic E-state index is 13.9. The van der Waals surface area contributed by atoms with Gasteiger partial charge in [-0.2, -0.15) is 5.26 Å². The second-order valence-electron chi connectivity index (χ2n) is 8.66. The van der Waals surface area contributed by atoms with E-state index in [0.29, 0.717) is 24.5 Å². The lowest BCUT2D eigenvalue weighted by Gasteiger charge is -2.32. The number of aryl methyl sites for hydroxylation is 2. The van der Waals surface area contributed by atoms with Crippen LogP contribution in [-0.2, 0) is 16.1 Å². The topological polar surface area (TPSA) is 79.1 Å². The van der Waals surface area contributed by atoms with E-state index < -0.39 is 5.82 Å². The summed E-state index contributed by atoms with van der Waals surface area (Å²) in [5.74, 6) is 0.721. The van der Waals surface area contributed by atoms with Gasteiger partial charge < -0.3 is 0 Å². The van der Waals surface area contributed by atoms with Crippen LogP contribution in [0.5, 0.6) is 0 Å². The molecule has 2 aromatic rings. The van der Waals surface area contributed by atoms with Crippen LogP contribution < -0.4 is 0 Å². The van der Waals surface area contributed by atoms with E-state index in [1.165, 1.54) is 17.2 Å². The molecule has 2 fully saturated rings. The molecule has 162 valence electrons. The SMILES string of the molecule is Cc1cc(C[C@H]2CC[C@H](C(=O)N3OCC[C@H]3c3cc(F)cc(C#N)c3)CC2)nc(C)n1. The normalized spacial score (nSPS) is 23.5. The summed E-state index contributed by atoms with van der Waals surface area (Å²) < 4.78 is 13.9. The molecule has 1 saturated heterocycles. The summed E-state index contributed by atoms with van der Waals surface area (Å²) in [5.41, 5.74) is 2.93. The van der Waals surface area contributed by atoms with Gasteiger partial charge in [-0.3, -0.25) is 9.63 Å². The standard InChI is InChI=1S/C24H27FN4O2/c1-15-9-22(28-16(2)27-15)12-17-3-5-19(6-4-17)24(30)29-23(7-8-31-29)20-10-18(14-26)11-21(25)13-20/h9-11,13,17,19,23H,3-8,12H2,1-2H3/t17-,19-,23-/m0/s1. The van der Waals surface area contributed by atoms with Crippen LogP contribution in [-0.4, -0.2) is 27.5 Å². The number of rotatable bonds is 4. The quantitative estimate of drug-likeness (QED) is 0.732. The van der Waals surface area contributed by atoms with Crippen LogP contribution in [0.3, 0.4) is 0 Å². The number of hydroxylamine groups is 2. The Bertz CT molecular complexity index is 991. The van der Waals surface area contributed by atoms with Crippen LogP contribution >= 0.6 is 0 Å². The van der Waals surface area contributed by atoms with E-state index in [2.05, 4.69) is 9.97 Å². The highest BCUT2D eigenvalue weighted by Crippen LogP contribution is 2.37. The summed E-state index contributed by atoms with van der Waals surface area (Å²) in [4.78, 5) is 27.7. The highest BCUT2D eigenvalue weighted by atomic mass is 19.1. The fraction of sp³-hybridized carbons (Fsp3) is 0.500. The van der Waals surface area contributed by atoms with E-state index in [9.17, 15) is 9.18 Å². The van der Waals surface area contributed by atoms with Crippen molar-refractivity contribution in [2.45, 2.75) is 58.4 Å². The number of nitriles is 1. The average molecular weight is 423 g/mol. The number of carbonyl (C=O) groups is 1. The van der Waals surface area contributed by atoms with Crippen molar-refractivity contribution in [2.24, 2.45) is 11.8 Å². The van der Waals surface area contributed by atoms with Gasteiger partial charge in [0.15, 0.2) is 0 Å². The molecule has 2 heterocycles. The van der Waals surface area contributed by atoms with E-state index in [-0.39, 0.29) is 23.4 Å². The Morgan fingerprint density at radius 3 is 2.65 bits per heavy atom. The number of benzene rings is 1. The van der Waals surface area contributed by atoms with Gasteiger partial charge in [-0.25, -0.2) is 19.4 Å². The Balaban J connectivity index is 1.39. The molecular formula is C24H27FN4O2. The van der Waals surface area contributed by atoms with Gasteiger partial charge in [-0.15, -0.1) is 0 Å². The van der Waals surface area contributed by atoms with Crippen molar-refractivity contribution in [2.75, 3.05) is 6.61 Å². The van der Waals surface area contributed by atoms with Gasteiger partial charge in [0.2, 0.25) is 5.91 Å². The molecule has 1 aliphatic heterocycles. The van der Waals surface area contributed by atoms with E-state index in [1.54, 1.807) is 6.07 Å². The number of hydrogen-bond acceptors (Lipinski definition) is 5. The summed E-state index contributed by atoms with van der Waals surface area (Å²) in [6, 6.07) is 7.91. The molecule has 7 heteroatoms. The lowest BCUT2D eigenvalue weighted by molar-refractivity contribution is -0.183. The number of halogens is 1. The van der Waals surface area contributed by atoms with E-state index in [4.69, 9.17) is 10.1 Å². The lowest BCUT2D eigenvalue weighted by atomic mass is 9.79.